The molecule has 0 saturated heterocycles. The van der Waals surface area contributed by atoms with Gasteiger partial charge >= 0.3 is 0 Å². The largest absolute Gasteiger partial charge is 0.455 e. The average Bonchev–Trinajstić information content (AvgIpc) is 3.38. The number of ketones is 1. The first kappa shape index (κ1) is 29.9. The molecule has 0 aliphatic heterocycles. The van der Waals surface area contributed by atoms with Crippen LogP contribution in [0.5, 0.6) is 0 Å². The second kappa shape index (κ2) is 12.6. The minimum atomic E-state index is -1.57. The Labute approximate surface area is 238 Å². The molecule has 1 heterocycles. The Morgan fingerprint density at radius 2 is 1.56 bits per heavy atom. The van der Waals surface area contributed by atoms with E-state index < -0.39 is 37.1 Å². The van der Waals surface area contributed by atoms with E-state index in [0.717, 1.165) is 11.3 Å². The third-order valence-electron chi connectivity index (χ3n) is 7.34. The number of rotatable bonds is 12. The maximum atomic E-state index is 13.7. The second-order valence-corrected chi connectivity index (χ2v) is 9.92. The normalized spacial score (nSPS) is 11.6. The third-order valence-corrected chi connectivity index (χ3v) is 7.34. The number of Topliss-reactive ketones (excluding diaryl/α,β-unsaturated/α-hetero) is 1. The van der Waals surface area contributed by atoms with Gasteiger partial charge in [-0.25, -0.2) is 4.39 Å². The Hall–Kier alpha value is -4.05. The van der Waals surface area contributed by atoms with E-state index in [4.69, 9.17) is 4.42 Å². The predicted molar refractivity (Wildman–Crippen MR) is 157 cm³/mol. The van der Waals surface area contributed by atoms with E-state index in [0.29, 0.717) is 46.5 Å². The topological polar surface area (TPSA) is 123 Å². The Morgan fingerprint density at radius 1 is 0.902 bits per heavy atom. The number of amides is 1. The molecule has 0 aliphatic carbocycles. The van der Waals surface area contributed by atoms with Crippen molar-refractivity contribution in [3.05, 3.63) is 77.6 Å². The van der Waals surface area contributed by atoms with Gasteiger partial charge in [0.05, 0.1) is 25.4 Å². The average molecular weight is 563 g/mol. The molecule has 0 radical (unpaired) electrons. The van der Waals surface area contributed by atoms with Crippen LogP contribution < -0.4 is 10.2 Å². The van der Waals surface area contributed by atoms with Crippen LogP contribution in [0.3, 0.4) is 0 Å². The van der Waals surface area contributed by atoms with Crippen LogP contribution in [0.4, 0.5) is 10.1 Å². The van der Waals surface area contributed by atoms with Gasteiger partial charge in [0.25, 0.3) is 5.91 Å². The van der Waals surface area contributed by atoms with Crippen molar-refractivity contribution >= 4 is 28.3 Å². The molecule has 0 aliphatic rings. The van der Waals surface area contributed by atoms with Gasteiger partial charge in [-0.15, -0.1) is 0 Å². The summed E-state index contributed by atoms with van der Waals surface area (Å²) < 4.78 is 19.9. The minimum Gasteiger partial charge on any atom is -0.455 e. The van der Waals surface area contributed by atoms with E-state index in [9.17, 15) is 29.3 Å². The molecule has 8 nitrogen and oxygen atoms in total. The molecule has 41 heavy (non-hydrogen) atoms. The summed E-state index contributed by atoms with van der Waals surface area (Å²) in [6.45, 7) is 5.28. The Morgan fingerprint density at radius 3 is 2.15 bits per heavy atom. The van der Waals surface area contributed by atoms with E-state index in [1.165, 1.54) is 12.1 Å². The molecule has 0 saturated carbocycles. The predicted octanol–water partition coefficient (Wildman–Crippen LogP) is 4.79. The van der Waals surface area contributed by atoms with Gasteiger partial charge in [-0.05, 0) is 61.9 Å². The maximum absolute atomic E-state index is 13.7. The number of carbonyl (C=O) groups excluding carboxylic acids is 2. The van der Waals surface area contributed by atoms with Crippen molar-refractivity contribution in [3.63, 3.8) is 0 Å². The molecule has 0 fully saturated rings. The molecule has 216 valence electrons. The summed E-state index contributed by atoms with van der Waals surface area (Å²) in [7, 11) is 0. The van der Waals surface area contributed by atoms with Crippen molar-refractivity contribution in [1.29, 1.82) is 0 Å². The zero-order chi connectivity index (χ0) is 29.7. The number of furan rings is 1. The molecule has 4 rings (SSSR count). The molecule has 0 atom stereocenters. The minimum absolute atomic E-state index is 0.119. The fourth-order valence-electron chi connectivity index (χ4n) is 4.86. The van der Waals surface area contributed by atoms with E-state index in [-0.39, 0.29) is 17.8 Å². The van der Waals surface area contributed by atoms with Crippen LogP contribution in [0.25, 0.3) is 33.4 Å². The van der Waals surface area contributed by atoms with Gasteiger partial charge in [-0.2, -0.15) is 0 Å². The number of nitrogens with zero attached hydrogens (tertiary/aromatic N) is 1. The number of fused-ring (bicyclic) bond motifs is 1. The Kier molecular flexibility index (Phi) is 9.22. The molecule has 4 aromatic rings. The fraction of sp³-hybridized carbons (Fsp3) is 0.312. The number of hydrogen-bond donors (Lipinski definition) is 4. The van der Waals surface area contributed by atoms with Crippen molar-refractivity contribution < 1.29 is 33.7 Å². The van der Waals surface area contributed by atoms with Crippen molar-refractivity contribution in [2.45, 2.75) is 32.7 Å². The highest BCUT2D eigenvalue weighted by Crippen LogP contribution is 2.41. The van der Waals surface area contributed by atoms with E-state index in [1.807, 2.05) is 32.0 Å². The Bertz CT molecular complexity index is 1530. The number of nitrogens with one attached hydrogen (secondary N) is 1. The molecular formula is C32H35FN2O6. The fourth-order valence-corrected chi connectivity index (χ4v) is 4.86. The van der Waals surface area contributed by atoms with E-state index in [2.05, 4.69) is 10.2 Å². The lowest BCUT2D eigenvalue weighted by Gasteiger charge is -2.28. The highest BCUT2D eigenvalue weighted by atomic mass is 19.1. The van der Waals surface area contributed by atoms with Gasteiger partial charge < -0.3 is 30.0 Å². The number of aliphatic hydroxyl groups excluding tert-OH is 3. The second-order valence-electron chi connectivity index (χ2n) is 9.92. The first-order chi connectivity index (χ1) is 19.7. The van der Waals surface area contributed by atoms with Crippen LogP contribution in [0.2, 0.25) is 0 Å². The SMILES string of the molecule is CCC(=O)c1c(-c2ccc(F)cc2)oc2cc(N(CC)CC)c(-c3cccc(C(=O)NC(CO)(CO)CO)c3)cc12. The standard InChI is InChI=1S/C32H35FN2O6/c1-4-27(39)29-25-15-24(21-8-7-9-22(14-21)31(40)34-32(17-36,18-37)19-38)26(35(5-2)6-3)16-28(25)41-30(29)20-10-12-23(33)13-11-20/h7-16,36-38H,4-6,17-19H2,1-3H3,(H,34,40). The van der Waals surface area contributed by atoms with Gasteiger partial charge in [0, 0.05) is 53.3 Å². The molecular weight excluding hydrogens is 527 g/mol. The summed E-state index contributed by atoms with van der Waals surface area (Å²) in [5.41, 5.74) is 2.51. The number of halogens is 1. The summed E-state index contributed by atoms with van der Waals surface area (Å²) in [5.74, 6) is -0.710. The first-order valence-corrected chi connectivity index (χ1v) is 13.6. The maximum Gasteiger partial charge on any atom is 0.251 e. The molecule has 3 aromatic carbocycles. The van der Waals surface area contributed by atoms with Crippen molar-refractivity contribution in [2.24, 2.45) is 0 Å². The number of benzene rings is 3. The molecule has 9 heteroatoms. The molecule has 4 N–H and O–H groups in total. The van der Waals surface area contributed by atoms with E-state index >= 15 is 0 Å². The van der Waals surface area contributed by atoms with Gasteiger partial charge in [0.2, 0.25) is 0 Å². The Balaban J connectivity index is 1.93. The molecule has 1 amide bonds. The van der Waals surface area contributed by atoms with Crippen LogP contribution in [-0.4, -0.2) is 65.5 Å². The summed E-state index contributed by atoms with van der Waals surface area (Å²) in [6, 6.07) is 16.4. The lowest BCUT2D eigenvalue weighted by atomic mass is 9.95. The van der Waals surface area contributed by atoms with Crippen LogP contribution in [0.15, 0.2) is 65.1 Å². The molecule has 0 unspecified atom stereocenters. The number of carbonyl (C=O) groups is 2. The quantitative estimate of drug-likeness (QED) is 0.183. The van der Waals surface area contributed by atoms with Gasteiger partial charge in [0.15, 0.2) is 5.78 Å². The van der Waals surface area contributed by atoms with Gasteiger partial charge in [-0.3, -0.25) is 9.59 Å². The third kappa shape index (κ3) is 5.88. The lowest BCUT2D eigenvalue weighted by Crippen LogP contribution is -2.57. The van der Waals surface area contributed by atoms with Crippen molar-refractivity contribution in [3.8, 4) is 22.5 Å². The van der Waals surface area contributed by atoms with Gasteiger partial charge in [0.1, 0.15) is 22.7 Å². The zero-order valence-corrected chi connectivity index (χ0v) is 23.4. The monoisotopic (exact) mass is 562 g/mol. The zero-order valence-electron chi connectivity index (χ0n) is 23.4. The van der Waals surface area contributed by atoms with Crippen molar-refractivity contribution in [2.75, 3.05) is 37.8 Å². The van der Waals surface area contributed by atoms with Crippen LogP contribution in [0.1, 0.15) is 47.9 Å². The van der Waals surface area contributed by atoms with E-state index in [1.54, 1.807) is 37.3 Å². The van der Waals surface area contributed by atoms with Crippen LogP contribution in [-0.2, 0) is 0 Å². The highest BCUT2D eigenvalue weighted by molar-refractivity contribution is 6.13. The van der Waals surface area contributed by atoms with Crippen LogP contribution >= 0.6 is 0 Å². The summed E-state index contributed by atoms with van der Waals surface area (Å²) >= 11 is 0. The number of aliphatic hydroxyl groups is 3. The summed E-state index contributed by atoms with van der Waals surface area (Å²) in [4.78, 5) is 28.5. The van der Waals surface area contributed by atoms with Crippen LogP contribution in [0, 0.1) is 5.82 Å². The van der Waals surface area contributed by atoms with Crippen molar-refractivity contribution in [1.82, 2.24) is 5.32 Å². The molecule has 1 aromatic heterocycles. The lowest BCUT2D eigenvalue weighted by molar-refractivity contribution is 0.0375. The van der Waals surface area contributed by atoms with Gasteiger partial charge in [-0.1, -0.05) is 19.1 Å². The highest BCUT2D eigenvalue weighted by Gasteiger charge is 2.30. The smallest absolute Gasteiger partial charge is 0.251 e. The number of hydrogen-bond acceptors (Lipinski definition) is 7. The molecule has 0 spiro atoms. The number of anilines is 1. The summed E-state index contributed by atoms with van der Waals surface area (Å²) in [6.07, 6.45) is 0.244. The first-order valence-electron chi connectivity index (χ1n) is 13.6. The summed E-state index contributed by atoms with van der Waals surface area (Å²) in [5, 5.41) is 32.1. The molecule has 0 bridgehead atoms.